The highest BCUT2D eigenvalue weighted by molar-refractivity contribution is 5.97. The van der Waals surface area contributed by atoms with Crippen LogP contribution in [0, 0.1) is 5.82 Å². The highest BCUT2D eigenvalue weighted by atomic mass is 19.1. The standard InChI is InChI=1S/C13H18FN3O2/c1-13(18)2-3-17(8-13)7-9-4-10(12(15)16-19)6-11(14)5-9/h4-6,18-19H,2-3,7-8H2,1H3,(H2,15,16). The minimum Gasteiger partial charge on any atom is -0.409 e. The average molecular weight is 267 g/mol. The first-order valence-electron chi connectivity index (χ1n) is 6.12. The van der Waals surface area contributed by atoms with Crippen molar-refractivity contribution in [2.45, 2.75) is 25.5 Å². The lowest BCUT2D eigenvalue weighted by Gasteiger charge is -2.19. The number of likely N-dealkylation sites (tertiary alicyclic amines) is 1. The van der Waals surface area contributed by atoms with E-state index in [9.17, 15) is 9.50 Å². The quantitative estimate of drug-likeness (QED) is 0.328. The molecule has 1 heterocycles. The zero-order chi connectivity index (χ0) is 14.0. The number of benzene rings is 1. The van der Waals surface area contributed by atoms with Crippen LogP contribution in [0.5, 0.6) is 0 Å². The van der Waals surface area contributed by atoms with E-state index in [0.717, 1.165) is 12.1 Å². The molecule has 1 aromatic carbocycles. The topological polar surface area (TPSA) is 82.1 Å². The molecule has 1 fully saturated rings. The van der Waals surface area contributed by atoms with Crippen LogP contribution in [-0.2, 0) is 6.54 Å². The molecule has 4 N–H and O–H groups in total. The van der Waals surface area contributed by atoms with Crippen molar-refractivity contribution in [3.05, 3.63) is 35.1 Å². The number of aliphatic hydroxyl groups is 1. The van der Waals surface area contributed by atoms with Gasteiger partial charge in [-0.05, 0) is 37.1 Å². The van der Waals surface area contributed by atoms with E-state index in [2.05, 4.69) is 5.16 Å². The van der Waals surface area contributed by atoms with Crippen LogP contribution in [0.25, 0.3) is 0 Å². The Hall–Kier alpha value is -1.66. The first-order chi connectivity index (χ1) is 8.89. The molecular weight excluding hydrogens is 249 g/mol. The van der Waals surface area contributed by atoms with Gasteiger partial charge in [-0.25, -0.2) is 4.39 Å². The molecule has 1 atom stereocenters. The number of hydrogen-bond acceptors (Lipinski definition) is 4. The largest absolute Gasteiger partial charge is 0.409 e. The summed E-state index contributed by atoms with van der Waals surface area (Å²) in [6, 6.07) is 4.32. The van der Waals surface area contributed by atoms with Crippen molar-refractivity contribution in [2.75, 3.05) is 13.1 Å². The zero-order valence-electron chi connectivity index (χ0n) is 10.8. The predicted molar refractivity (Wildman–Crippen MR) is 69.4 cm³/mol. The number of hydrogen-bond donors (Lipinski definition) is 3. The molecule has 0 aliphatic carbocycles. The Kier molecular flexibility index (Phi) is 3.73. The van der Waals surface area contributed by atoms with Crippen LogP contribution in [0.1, 0.15) is 24.5 Å². The molecule has 1 saturated heterocycles. The number of nitrogens with two attached hydrogens (primary N) is 1. The molecule has 0 radical (unpaired) electrons. The van der Waals surface area contributed by atoms with Crippen LogP contribution >= 0.6 is 0 Å². The van der Waals surface area contributed by atoms with Gasteiger partial charge in [-0.2, -0.15) is 0 Å². The second kappa shape index (κ2) is 5.14. The lowest BCUT2D eigenvalue weighted by Crippen LogP contribution is -2.29. The third kappa shape index (κ3) is 3.42. The highest BCUT2D eigenvalue weighted by Gasteiger charge is 2.31. The number of oxime groups is 1. The number of amidine groups is 1. The van der Waals surface area contributed by atoms with E-state index >= 15 is 0 Å². The Labute approximate surface area is 111 Å². The molecule has 0 saturated carbocycles. The van der Waals surface area contributed by atoms with Crippen LogP contribution < -0.4 is 5.73 Å². The third-order valence-electron chi connectivity index (χ3n) is 3.30. The second-order valence-corrected chi connectivity index (χ2v) is 5.29. The van der Waals surface area contributed by atoms with Gasteiger partial charge < -0.3 is 16.0 Å². The fourth-order valence-electron chi connectivity index (χ4n) is 2.38. The molecule has 1 aromatic rings. The van der Waals surface area contributed by atoms with E-state index in [-0.39, 0.29) is 5.84 Å². The Balaban J connectivity index is 2.15. The smallest absolute Gasteiger partial charge is 0.170 e. The van der Waals surface area contributed by atoms with Gasteiger partial charge >= 0.3 is 0 Å². The van der Waals surface area contributed by atoms with Crippen molar-refractivity contribution in [1.29, 1.82) is 0 Å². The fraction of sp³-hybridized carbons (Fsp3) is 0.462. The van der Waals surface area contributed by atoms with Crippen molar-refractivity contribution in [3.8, 4) is 0 Å². The summed E-state index contributed by atoms with van der Waals surface area (Å²) in [5.41, 5.74) is 5.87. The van der Waals surface area contributed by atoms with E-state index in [1.165, 1.54) is 12.1 Å². The van der Waals surface area contributed by atoms with Gasteiger partial charge in [-0.1, -0.05) is 5.16 Å². The van der Waals surface area contributed by atoms with Gasteiger partial charge in [0.2, 0.25) is 0 Å². The molecular formula is C13H18FN3O2. The van der Waals surface area contributed by atoms with Crippen LogP contribution in [0.4, 0.5) is 4.39 Å². The summed E-state index contributed by atoms with van der Waals surface area (Å²) in [5, 5.41) is 21.4. The maximum absolute atomic E-state index is 13.5. The molecule has 2 rings (SSSR count). The summed E-state index contributed by atoms with van der Waals surface area (Å²) in [6.45, 7) is 3.64. The summed E-state index contributed by atoms with van der Waals surface area (Å²) in [6.07, 6.45) is 0.704. The molecule has 5 nitrogen and oxygen atoms in total. The Morgan fingerprint density at radius 2 is 2.26 bits per heavy atom. The maximum atomic E-state index is 13.5. The maximum Gasteiger partial charge on any atom is 0.170 e. The first-order valence-corrected chi connectivity index (χ1v) is 6.12. The molecule has 0 spiro atoms. The Morgan fingerprint density at radius 3 is 2.84 bits per heavy atom. The summed E-state index contributed by atoms with van der Waals surface area (Å²) >= 11 is 0. The van der Waals surface area contributed by atoms with Gasteiger partial charge in [0.15, 0.2) is 5.84 Å². The fourth-order valence-corrected chi connectivity index (χ4v) is 2.38. The van der Waals surface area contributed by atoms with Crippen molar-refractivity contribution in [3.63, 3.8) is 0 Å². The molecule has 19 heavy (non-hydrogen) atoms. The van der Waals surface area contributed by atoms with Gasteiger partial charge in [-0.15, -0.1) is 0 Å². The number of rotatable bonds is 3. The molecule has 0 aromatic heterocycles. The third-order valence-corrected chi connectivity index (χ3v) is 3.30. The Morgan fingerprint density at radius 1 is 1.53 bits per heavy atom. The highest BCUT2D eigenvalue weighted by Crippen LogP contribution is 2.22. The van der Waals surface area contributed by atoms with Crippen LogP contribution in [0.15, 0.2) is 23.4 Å². The second-order valence-electron chi connectivity index (χ2n) is 5.29. The van der Waals surface area contributed by atoms with Gasteiger partial charge in [0.25, 0.3) is 0 Å². The normalized spacial score (nSPS) is 24.9. The van der Waals surface area contributed by atoms with E-state index in [0.29, 0.717) is 25.1 Å². The number of β-amino-alcohol motifs (C(OH)–C–C–N with tert-alkyl or cyclic N) is 1. The van der Waals surface area contributed by atoms with E-state index in [1.807, 2.05) is 4.90 Å². The van der Waals surface area contributed by atoms with E-state index < -0.39 is 11.4 Å². The first kappa shape index (κ1) is 13.8. The molecule has 0 amide bonds. The van der Waals surface area contributed by atoms with Crippen molar-refractivity contribution in [1.82, 2.24) is 4.90 Å². The summed E-state index contributed by atoms with van der Waals surface area (Å²) in [5.74, 6) is -0.542. The molecule has 1 aliphatic rings. The van der Waals surface area contributed by atoms with Crippen molar-refractivity contribution >= 4 is 5.84 Å². The lowest BCUT2D eigenvalue weighted by molar-refractivity contribution is 0.0679. The van der Waals surface area contributed by atoms with Gasteiger partial charge in [0.1, 0.15) is 5.82 Å². The van der Waals surface area contributed by atoms with E-state index in [4.69, 9.17) is 10.9 Å². The minimum atomic E-state index is -0.679. The molecule has 0 bridgehead atoms. The van der Waals surface area contributed by atoms with Crippen molar-refractivity contribution in [2.24, 2.45) is 10.9 Å². The average Bonchev–Trinajstić information content (AvgIpc) is 2.66. The zero-order valence-corrected chi connectivity index (χ0v) is 10.8. The van der Waals surface area contributed by atoms with E-state index in [1.54, 1.807) is 13.0 Å². The van der Waals surface area contributed by atoms with Gasteiger partial charge in [0.05, 0.1) is 5.60 Å². The molecule has 1 aliphatic heterocycles. The molecule has 104 valence electrons. The minimum absolute atomic E-state index is 0.117. The molecule has 1 unspecified atom stereocenters. The predicted octanol–water partition coefficient (Wildman–Crippen LogP) is 0.877. The summed E-state index contributed by atoms with van der Waals surface area (Å²) in [4.78, 5) is 2.05. The number of nitrogens with zero attached hydrogens (tertiary/aromatic N) is 2. The number of halogens is 1. The van der Waals surface area contributed by atoms with Crippen LogP contribution in [0.3, 0.4) is 0 Å². The SMILES string of the molecule is CC1(O)CCN(Cc2cc(F)cc(/C(N)=N/O)c2)C1. The summed E-state index contributed by atoms with van der Waals surface area (Å²) in [7, 11) is 0. The van der Waals surface area contributed by atoms with Crippen LogP contribution in [0.2, 0.25) is 0 Å². The molecule has 6 heteroatoms. The van der Waals surface area contributed by atoms with Crippen LogP contribution in [-0.4, -0.2) is 39.7 Å². The van der Waals surface area contributed by atoms with Gasteiger partial charge in [-0.3, -0.25) is 4.90 Å². The Bertz CT molecular complexity index is 503. The van der Waals surface area contributed by atoms with Gasteiger partial charge in [0, 0.05) is 25.2 Å². The monoisotopic (exact) mass is 267 g/mol. The van der Waals surface area contributed by atoms with Crippen molar-refractivity contribution < 1.29 is 14.7 Å². The lowest BCUT2D eigenvalue weighted by atomic mass is 10.1. The summed E-state index contributed by atoms with van der Waals surface area (Å²) < 4.78 is 13.5.